The Bertz CT molecular complexity index is 1220. The van der Waals surface area contributed by atoms with Crippen LogP contribution in [0.5, 0.6) is 0 Å². The van der Waals surface area contributed by atoms with E-state index in [-0.39, 0.29) is 0 Å². The lowest BCUT2D eigenvalue weighted by Crippen LogP contribution is -1.80. The van der Waals surface area contributed by atoms with Crippen LogP contribution in [-0.4, -0.2) is 0 Å². The smallest absolute Gasteiger partial charge is 0.0434 e. The van der Waals surface area contributed by atoms with Gasteiger partial charge in [-0.1, -0.05) is 101 Å². The molecular formula is C23H15IS. The van der Waals surface area contributed by atoms with Crippen LogP contribution in [0.1, 0.15) is 5.56 Å². The topological polar surface area (TPSA) is 0 Å². The van der Waals surface area contributed by atoms with Gasteiger partial charge >= 0.3 is 0 Å². The van der Waals surface area contributed by atoms with E-state index in [2.05, 4.69) is 101 Å². The van der Waals surface area contributed by atoms with Gasteiger partial charge in [-0.3, -0.25) is 0 Å². The molecule has 5 rings (SSSR count). The maximum atomic E-state index is 2.41. The molecule has 0 spiro atoms. The predicted octanol–water partition coefficient (Wildman–Crippen LogP) is 7.81. The summed E-state index contributed by atoms with van der Waals surface area (Å²) in [7, 11) is 0. The number of alkyl halides is 1. The van der Waals surface area contributed by atoms with Gasteiger partial charge in [-0.15, -0.1) is 11.3 Å². The first kappa shape index (κ1) is 15.4. The van der Waals surface area contributed by atoms with Crippen LogP contribution in [-0.2, 0) is 4.43 Å². The molecule has 0 radical (unpaired) electrons. The Kier molecular flexibility index (Phi) is 3.75. The molecule has 0 nitrogen and oxygen atoms in total. The maximum Gasteiger partial charge on any atom is 0.0434 e. The molecule has 0 aliphatic heterocycles. The number of hydrogen-bond acceptors (Lipinski definition) is 1. The third-order valence-corrected chi connectivity index (χ3v) is 6.98. The number of thiophene rings is 1. The van der Waals surface area contributed by atoms with Crippen molar-refractivity contribution in [3.8, 4) is 11.1 Å². The largest absolute Gasteiger partial charge is 0.134 e. The lowest BCUT2D eigenvalue weighted by Gasteiger charge is -2.04. The highest BCUT2D eigenvalue weighted by Crippen LogP contribution is 2.42. The summed E-state index contributed by atoms with van der Waals surface area (Å²) in [5.41, 5.74) is 4.01. The van der Waals surface area contributed by atoms with Crippen molar-refractivity contribution < 1.29 is 0 Å². The molecule has 0 atom stereocenters. The SMILES string of the molecule is ICc1ccc(-c2cccc3c2sc2c4ccccc4ccc32)cc1. The molecule has 0 unspecified atom stereocenters. The number of hydrogen-bond donors (Lipinski definition) is 0. The van der Waals surface area contributed by atoms with Gasteiger partial charge in [0.05, 0.1) is 0 Å². The lowest BCUT2D eigenvalue weighted by atomic mass is 10.0. The van der Waals surface area contributed by atoms with Crippen molar-refractivity contribution >= 4 is 64.9 Å². The molecule has 1 aromatic heterocycles. The molecule has 25 heavy (non-hydrogen) atoms. The van der Waals surface area contributed by atoms with E-state index in [0.29, 0.717) is 0 Å². The first-order valence-corrected chi connectivity index (χ1v) is 10.7. The zero-order chi connectivity index (χ0) is 16.8. The molecule has 0 saturated heterocycles. The molecule has 0 bridgehead atoms. The van der Waals surface area contributed by atoms with E-state index in [9.17, 15) is 0 Å². The highest BCUT2D eigenvalue weighted by atomic mass is 127. The second kappa shape index (κ2) is 6.11. The Morgan fingerprint density at radius 2 is 1.40 bits per heavy atom. The van der Waals surface area contributed by atoms with Crippen molar-refractivity contribution in [2.45, 2.75) is 4.43 Å². The predicted molar refractivity (Wildman–Crippen MR) is 120 cm³/mol. The molecule has 4 aromatic carbocycles. The Morgan fingerprint density at radius 1 is 0.640 bits per heavy atom. The molecule has 0 aliphatic carbocycles. The first-order valence-electron chi connectivity index (χ1n) is 8.33. The fraction of sp³-hybridized carbons (Fsp3) is 0.0435. The van der Waals surface area contributed by atoms with Gasteiger partial charge in [0.1, 0.15) is 0 Å². The minimum Gasteiger partial charge on any atom is -0.134 e. The van der Waals surface area contributed by atoms with E-state index in [4.69, 9.17) is 0 Å². The Labute approximate surface area is 164 Å². The molecular weight excluding hydrogens is 435 g/mol. The van der Waals surface area contributed by atoms with Gasteiger partial charge in [0, 0.05) is 24.6 Å². The van der Waals surface area contributed by atoms with Crippen LogP contribution in [0, 0.1) is 0 Å². The van der Waals surface area contributed by atoms with Gasteiger partial charge in [-0.25, -0.2) is 0 Å². The van der Waals surface area contributed by atoms with Gasteiger partial charge in [0.2, 0.25) is 0 Å². The summed E-state index contributed by atoms with van der Waals surface area (Å²) < 4.78 is 3.83. The molecule has 0 N–H and O–H groups in total. The van der Waals surface area contributed by atoms with E-state index in [1.165, 1.54) is 47.6 Å². The summed E-state index contributed by atoms with van der Waals surface area (Å²) in [5.74, 6) is 0. The number of benzene rings is 4. The summed E-state index contributed by atoms with van der Waals surface area (Å²) >= 11 is 4.33. The van der Waals surface area contributed by atoms with Crippen molar-refractivity contribution in [3.63, 3.8) is 0 Å². The van der Waals surface area contributed by atoms with E-state index < -0.39 is 0 Å². The summed E-state index contributed by atoms with van der Waals surface area (Å²) in [5, 5.41) is 5.40. The fourth-order valence-electron chi connectivity index (χ4n) is 3.53. The number of fused-ring (bicyclic) bond motifs is 5. The lowest BCUT2D eigenvalue weighted by molar-refractivity contribution is 1.46. The normalized spacial score (nSPS) is 11.6. The van der Waals surface area contributed by atoms with Gasteiger partial charge < -0.3 is 0 Å². The summed E-state index contributed by atoms with van der Waals surface area (Å²) in [6.45, 7) is 0. The monoisotopic (exact) mass is 450 g/mol. The van der Waals surface area contributed by atoms with Crippen molar-refractivity contribution in [2.75, 3.05) is 0 Å². The molecule has 120 valence electrons. The van der Waals surface area contributed by atoms with Crippen LogP contribution in [0.2, 0.25) is 0 Å². The van der Waals surface area contributed by atoms with Crippen molar-refractivity contribution in [1.82, 2.24) is 0 Å². The molecule has 0 aliphatic rings. The molecule has 0 saturated carbocycles. The quantitative estimate of drug-likeness (QED) is 0.190. The highest BCUT2D eigenvalue weighted by Gasteiger charge is 2.12. The van der Waals surface area contributed by atoms with E-state index in [1.54, 1.807) is 0 Å². The molecule has 5 aromatic rings. The molecule has 1 heterocycles. The van der Waals surface area contributed by atoms with Crippen LogP contribution in [0.25, 0.3) is 42.1 Å². The van der Waals surface area contributed by atoms with E-state index in [1.807, 2.05) is 11.3 Å². The highest BCUT2D eigenvalue weighted by molar-refractivity contribution is 14.1. The van der Waals surface area contributed by atoms with Crippen molar-refractivity contribution in [3.05, 3.63) is 84.4 Å². The van der Waals surface area contributed by atoms with Crippen LogP contribution in [0.15, 0.2) is 78.9 Å². The maximum absolute atomic E-state index is 2.41. The summed E-state index contributed by atoms with van der Waals surface area (Å²) in [4.78, 5) is 0. The summed E-state index contributed by atoms with van der Waals surface area (Å²) in [6.07, 6.45) is 0. The van der Waals surface area contributed by atoms with Crippen LogP contribution in [0.4, 0.5) is 0 Å². The Hall–Kier alpha value is -1.91. The van der Waals surface area contributed by atoms with Crippen LogP contribution in [0.3, 0.4) is 0 Å². The molecule has 0 amide bonds. The van der Waals surface area contributed by atoms with Crippen LogP contribution < -0.4 is 0 Å². The van der Waals surface area contributed by atoms with E-state index >= 15 is 0 Å². The van der Waals surface area contributed by atoms with Gasteiger partial charge in [0.25, 0.3) is 0 Å². The zero-order valence-corrected chi connectivity index (χ0v) is 16.5. The van der Waals surface area contributed by atoms with Crippen molar-refractivity contribution in [2.24, 2.45) is 0 Å². The Balaban J connectivity index is 1.84. The Morgan fingerprint density at radius 3 is 2.24 bits per heavy atom. The van der Waals surface area contributed by atoms with Gasteiger partial charge in [-0.2, -0.15) is 0 Å². The molecule has 0 fully saturated rings. The third-order valence-electron chi connectivity index (χ3n) is 4.81. The van der Waals surface area contributed by atoms with Gasteiger partial charge in [0.15, 0.2) is 0 Å². The average Bonchev–Trinajstić information content (AvgIpc) is 3.07. The molecule has 2 heteroatoms. The zero-order valence-electron chi connectivity index (χ0n) is 13.5. The van der Waals surface area contributed by atoms with E-state index in [0.717, 1.165) is 4.43 Å². The second-order valence-corrected chi connectivity index (χ2v) is 8.06. The number of rotatable bonds is 2. The minimum atomic E-state index is 1.05. The van der Waals surface area contributed by atoms with Crippen LogP contribution >= 0.6 is 33.9 Å². The first-order chi connectivity index (χ1) is 12.3. The second-order valence-electron chi connectivity index (χ2n) is 6.28. The minimum absolute atomic E-state index is 1.05. The average molecular weight is 450 g/mol. The number of halogens is 1. The van der Waals surface area contributed by atoms with Crippen molar-refractivity contribution in [1.29, 1.82) is 0 Å². The standard InChI is InChI=1S/C23H15IS/c24-14-15-8-10-17(11-9-15)19-6-3-7-20-21-13-12-16-4-1-2-5-18(16)23(21)25-22(19)20/h1-13H,14H2. The fourth-order valence-corrected chi connectivity index (χ4v) is 5.41. The third kappa shape index (κ3) is 2.47. The summed E-state index contributed by atoms with van der Waals surface area (Å²) in [6, 6.07) is 28.9. The van der Waals surface area contributed by atoms with Gasteiger partial charge in [-0.05, 0) is 27.5 Å².